The first-order valence-corrected chi connectivity index (χ1v) is 6.04. The SMILES string of the molecule is Cc1ccn2c(=O)c(CC(C)C)c(Cl)nc2c1. The third-order valence-corrected chi connectivity index (χ3v) is 2.95. The minimum atomic E-state index is -0.0614. The van der Waals surface area contributed by atoms with E-state index in [0.717, 1.165) is 5.56 Å². The van der Waals surface area contributed by atoms with Gasteiger partial charge >= 0.3 is 0 Å². The molecule has 0 spiro atoms. The van der Waals surface area contributed by atoms with Gasteiger partial charge in [-0.15, -0.1) is 0 Å². The van der Waals surface area contributed by atoms with E-state index < -0.39 is 0 Å². The molecule has 2 aromatic rings. The topological polar surface area (TPSA) is 34.4 Å². The van der Waals surface area contributed by atoms with Crippen molar-refractivity contribution in [2.24, 2.45) is 5.92 Å². The Morgan fingerprint density at radius 3 is 2.82 bits per heavy atom. The summed E-state index contributed by atoms with van der Waals surface area (Å²) in [4.78, 5) is 16.5. The summed E-state index contributed by atoms with van der Waals surface area (Å²) in [5.41, 5.74) is 2.20. The van der Waals surface area contributed by atoms with Crippen molar-refractivity contribution in [3.05, 3.63) is 45.0 Å². The first kappa shape index (κ1) is 12.1. The molecule has 4 heteroatoms. The molecule has 2 heterocycles. The molecule has 2 aromatic heterocycles. The molecule has 90 valence electrons. The van der Waals surface area contributed by atoms with Crippen molar-refractivity contribution in [3.63, 3.8) is 0 Å². The molecule has 3 nitrogen and oxygen atoms in total. The standard InChI is InChI=1S/C13H15ClN2O/c1-8(2)6-10-12(14)15-11-7-9(3)4-5-16(11)13(10)17/h4-5,7-8H,6H2,1-3H3. The van der Waals surface area contributed by atoms with Crippen LogP contribution in [-0.2, 0) is 6.42 Å². The Morgan fingerprint density at radius 1 is 1.47 bits per heavy atom. The Bertz CT molecular complexity index is 617. The summed E-state index contributed by atoms with van der Waals surface area (Å²) in [6.07, 6.45) is 2.40. The normalized spacial score (nSPS) is 11.4. The number of rotatable bonds is 2. The van der Waals surface area contributed by atoms with E-state index in [0.29, 0.717) is 28.7 Å². The van der Waals surface area contributed by atoms with E-state index in [-0.39, 0.29) is 5.56 Å². The van der Waals surface area contributed by atoms with Gasteiger partial charge in [-0.05, 0) is 37.0 Å². The number of nitrogens with zero attached hydrogens (tertiary/aromatic N) is 2. The predicted octanol–water partition coefficient (Wildman–Crippen LogP) is 2.85. The highest BCUT2D eigenvalue weighted by molar-refractivity contribution is 6.30. The molecule has 0 N–H and O–H groups in total. The van der Waals surface area contributed by atoms with Crippen LogP contribution in [0.1, 0.15) is 25.0 Å². The molecule has 0 unspecified atom stereocenters. The molecule has 2 rings (SSSR count). The van der Waals surface area contributed by atoms with E-state index in [2.05, 4.69) is 18.8 Å². The van der Waals surface area contributed by atoms with Gasteiger partial charge < -0.3 is 0 Å². The minimum absolute atomic E-state index is 0.0614. The van der Waals surface area contributed by atoms with Crippen LogP contribution >= 0.6 is 11.6 Å². The molecule has 0 aliphatic carbocycles. The van der Waals surface area contributed by atoms with Crippen molar-refractivity contribution in [2.45, 2.75) is 27.2 Å². The van der Waals surface area contributed by atoms with Gasteiger partial charge in [0.15, 0.2) is 0 Å². The Balaban J connectivity index is 2.72. The van der Waals surface area contributed by atoms with Gasteiger partial charge in [-0.25, -0.2) is 4.98 Å². The van der Waals surface area contributed by atoms with Gasteiger partial charge in [0.05, 0.1) is 5.56 Å². The third-order valence-electron chi connectivity index (χ3n) is 2.64. The lowest BCUT2D eigenvalue weighted by Gasteiger charge is -2.08. The van der Waals surface area contributed by atoms with Crippen molar-refractivity contribution in [2.75, 3.05) is 0 Å². The molecule has 0 atom stereocenters. The number of aryl methyl sites for hydroxylation is 1. The molecule has 0 radical (unpaired) electrons. The third kappa shape index (κ3) is 2.34. The number of pyridine rings is 1. The van der Waals surface area contributed by atoms with Gasteiger partial charge in [0.1, 0.15) is 10.8 Å². The summed E-state index contributed by atoms with van der Waals surface area (Å²) in [5.74, 6) is 0.380. The van der Waals surface area contributed by atoms with E-state index in [1.54, 1.807) is 10.6 Å². The van der Waals surface area contributed by atoms with Crippen LogP contribution in [0.5, 0.6) is 0 Å². The van der Waals surface area contributed by atoms with Gasteiger partial charge in [0, 0.05) is 6.20 Å². The number of halogens is 1. The van der Waals surface area contributed by atoms with Gasteiger partial charge in [0.25, 0.3) is 5.56 Å². The average molecular weight is 251 g/mol. The molecule has 0 aliphatic heterocycles. The van der Waals surface area contributed by atoms with Gasteiger partial charge in [-0.2, -0.15) is 0 Å². The first-order valence-electron chi connectivity index (χ1n) is 5.66. The van der Waals surface area contributed by atoms with Gasteiger partial charge in [-0.3, -0.25) is 9.20 Å². The van der Waals surface area contributed by atoms with E-state index in [9.17, 15) is 4.79 Å². The zero-order valence-electron chi connectivity index (χ0n) is 10.2. The first-order chi connectivity index (χ1) is 7.99. The molecular weight excluding hydrogens is 236 g/mol. The van der Waals surface area contributed by atoms with Crippen LogP contribution in [0.2, 0.25) is 5.15 Å². The molecule has 0 saturated heterocycles. The Labute approximate surface area is 105 Å². The van der Waals surface area contributed by atoms with Crippen LogP contribution in [-0.4, -0.2) is 9.38 Å². The maximum atomic E-state index is 12.2. The molecule has 0 amide bonds. The summed E-state index contributed by atoms with van der Waals surface area (Å²) in [7, 11) is 0. The van der Waals surface area contributed by atoms with Crippen LogP contribution in [0.25, 0.3) is 5.65 Å². The molecule has 0 aliphatic rings. The van der Waals surface area contributed by atoms with E-state index in [1.807, 2.05) is 19.1 Å². The summed E-state index contributed by atoms with van der Waals surface area (Å²) in [5, 5.41) is 0.328. The van der Waals surface area contributed by atoms with E-state index in [1.165, 1.54) is 0 Å². The molecular formula is C13H15ClN2O. The lowest BCUT2D eigenvalue weighted by Crippen LogP contribution is -2.21. The quantitative estimate of drug-likeness (QED) is 0.768. The number of fused-ring (bicyclic) bond motifs is 1. The fourth-order valence-corrected chi connectivity index (χ4v) is 2.07. The monoisotopic (exact) mass is 250 g/mol. The summed E-state index contributed by atoms with van der Waals surface area (Å²) in [6, 6.07) is 3.75. The smallest absolute Gasteiger partial charge is 0.262 e. The van der Waals surface area contributed by atoms with Gasteiger partial charge in [0.2, 0.25) is 0 Å². The fraction of sp³-hybridized carbons (Fsp3) is 0.385. The zero-order chi connectivity index (χ0) is 12.6. The van der Waals surface area contributed by atoms with E-state index >= 15 is 0 Å². The van der Waals surface area contributed by atoms with Crippen molar-refractivity contribution in [1.29, 1.82) is 0 Å². The van der Waals surface area contributed by atoms with Crippen molar-refractivity contribution >= 4 is 17.2 Å². The number of aromatic nitrogens is 2. The summed E-state index contributed by atoms with van der Waals surface area (Å²) in [6.45, 7) is 6.07. The second kappa shape index (κ2) is 4.49. The molecule has 17 heavy (non-hydrogen) atoms. The highest BCUT2D eigenvalue weighted by Gasteiger charge is 2.12. The van der Waals surface area contributed by atoms with Crippen LogP contribution in [0.15, 0.2) is 23.1 Å². The minimum Gasteiger partial charge on any atom is -0.269 e. The average Bonchev–Trinajstić information content (AvgIpc) is 2.23. The Hall–Kier alpha value is -1.35. The Morgan fingerprint density at radius 2 is 2.18 bits per heavy atom. The highest BCUT2D eigenvalue weighted by atomic mass is 35.5. The molecule has 0 fully saturated rings. The second-order valence-electron chi connectivity index (χ2n) is 4.72. The van der Waals surface area contributed by atoms with E-state index in [4.69, 9.17) is 11.6 Å². The largest absolute Gasteiger partial charge is 0.269 e. The molecule has 0 aromatic carbocycles. The van der Waals surface area contributed by atoms with Crippen LogP contribution in [0.4, 0.5) is 0 Å². The maximum absolute atomic E-state index is 12.2. The van der Waals surface area contributed by atoms with Crippen molar-refractivity contribution in [1.82, 2.24) is 9.38 Å². The lowest BCUT2D eigenvalue weighted by molar-refractivity contribution is 0.639. The molecule has 0 bridgehead atoms. The van der Waals surface area contributed by atoms with Crippen LogP contribution in [0.3, 0.4) is 0 Å². The highest BCUT2D eigenvalue weighted by Crippen LogP contribution is 2.15. The second-order valence-corrected chi connectivity index (χ2v) is 5.07. The van der Waals surface area contributed by atoms with Gasteiger partial charge in [-0.1, -0.05) is 25.4 Å². The Kier molecular flexibility index (Phi) is 3.20. The summed E-state index contributed by atoms with van der Waals surface area (Å²) >= 11 is 6.08. The van der Waals surface area contributed by atoms with Crippen LogP contribution in [0, 0.1) is 12.8 Å². The van der Waals surface area contributed by atoms with Crippen molar-refractivity contribution < 1.29 is 0 Å². The zero-order valence-corrected chi connectivity index (χ0v) is 11.0. The summed E-state index contributed by atoms with van der Waals surface area (Å²) < 4.78 is 1.55. The number of hydrogen-bond acceptors (Lipinski definition) is 2. The lowest BCUT2D eigenvalue weighted by atomic mass is 10.1. The maximum Gasteiger partial charge on any atom is 0.262 e. The number of hydrogen-bond donors (Lipinski definition) is 0. The van der Waals surface area contributed by atoms with Crippen LogP contribution < -0.4 is 5.56 Å². The molecule has 0 saturated carbocycles. The fourth-order valence-electron chi connectivity index (χ4n) is 1.83. The van der Waals surface area contributed by atoms with Crippen molar-refractivity contribution in [3.8, 4) is 0 Å². The predicted molar refractivity (Wildman–Crippen MR) is 69.8 cm³/mol.